The largest absolute Gasteiger partial charge is 0.0677 e. The summed E-state index contributed by atoms with van der Waals surface area (Å²) in [5.74, 6) is 0.492. The summed E-state index contributed by atoms with van der Waals surface area (Å²) in [5.41, 5.74) is 2.65. The van der Waals surface area contributed by atoms with E-state index in [2.05, 4.69) is 33.3 Å². The molecule has 1 rings (SSSR count). The summed E-state index contributed by atoms with van der Waals surface area (Å²) in [5, 5.41) is 0. The maximum Gasteiger partial charge on any atom is 0.0165 e. The Hall–Kier alpha value is -0.520. The van der Waals surface area contributed by atoms with Gasteiger partial charge in [-0.1, -0.05) is 18.6 Å². The zero-order chi connectivity index (χ0) is 6.85. The van der Waals surface area contributed by atoms with E-state index in [0.717, 1.165) is 0 Å². The van der Waals surface area contributed by atoms with E-state index in [9.17, 15) is 0 Å². The highest BCUT2D eigenvalue weighted by Crippen LogP contribution is 2.21. The summed E-state index contributed by atoms with van der Waals surface area (Å²) >= 11 is 0. The highest BCUT2D eigenvalue weighted by Gasteiger charge is 2.08. The van der Waals surface area contributed by atoms with E-state index in [1.54, 1.807) is 0 Å². The van der Waals surface area contributed by atoms with E-state index >= 15 is 0 Å². The van der Waals surface area contributed by atoms with Crippen molar-refractivity contribution in [3.8, 4) is 0 Å². The molecule has 0 saturated heterocycles. The van der Waals surface area contributed by atoms with E-state index < -0.39 is 0 Å². The van der Waals surface area contributed by atoms with Crippen molar-refractivity contribution in [3.05, 3.63) is 29.7 Å². The molecule has 1 aliphatic rings. The third kappa shape index (κ3) is 1.24. The topological polar surface area (TPSA) is 0 Å². The summed E-state index contributed by atoms with van der Waals surface area (Å²) in [6.07, 6.45) is 8.16. The van der Waals surface area contributed by atoms with Crippen LogP contribution in [0.25, 0.3) is 0 Å². The van der Waals surface area contributed by atoms with Crippen LogP contribution in [0, 0.1) is 18.4 Å². The molecule has 1 aliphatic carbocycles. The second kappa shape index (κ2) is 2.38. The molecule has 0 bridgehead atoms. The Balaban J connectivity index is 2.83. The van der Waals surface area contributed by atoms with Crippen LogP contribution >= 0.6 is 0 Å². The van der Waals surface area contributed by atoms with Gasteiger partial charge in [-0.15, -0.1) is 0 Å². The zero-order valence-electron chi connectivity index (χ0n) is 6.15. The second-order valence-electron chi connectivity index (χ2n) is 2.49. The molecule has 0 fully saturated rings. The Morgan fingerprint density at radius 3 is 2.56 bits per heavy atom. The molecule has 0 nitrogen and oxygen atoms in total. The minimum Gasteiger partial charge on any atom is -0.0677 e. The third-order valence-electron chi connectivity index (χ3n) is 1.86. The van der Waals surface area contributed by atoms with E-state index in [-0.39, 0.29) is 0 Å². The first-order chi connectivity index (χ1) is 4.22. The predicted octanol–water partition coefficient (Wildman–Crippen LogP) is 2.41. The number of hydrogen-bond acceptors (Lipinski definition) is 0. The van der Waals surface area contributed by atoms with E-state index in [1.165, 1.54) is 11.1 Å². The molecule has 1 unspecified atom stereocenters. The van der Waals surface area contributed by atoms with Crippen molar-refractivity contribution < 1.29 is 0 Å². The summed E-state index contributed by atoms with van der Waals surface area (Å²) in [7, 11) is 0. The minimum atomic E-state index is 0.492. The van der Waals surface area contributed by atoms with Gasteiger partial charge in [0.15, 0.2) is 0 Å². The lowest BCUT2D eigenvalue weighted by atomic mass is 9.90. The molecule has 0 aliphatic heterocycles. The van der Waals surface area contributed by atoms with Crippen LogP contribution in [0.2, 0.25) is 0 Å². The standard InChI is InChI=1S/C9H11/c1-7-5-4-6-8(2)9(7)3/h4,7H,1-3H3. The Morgan fingerprint density at radius 2 is 2.11 bits per heavy atom. The summed E-state index contributed by atoms with van der Waals surface area (Å²) in [4.78, 5) is 0. The Labute approximate surface area is 57.3 Å². The highest BCUT2D eigenvalue weighted by molar-refractivity contribution is 5.28. The molecule has 9 heavy (non-hydrogen) atoms. The van der Waals surface area contributed by atoms with Crippen LogP contribution in [-0.2, 0) is 0 Å². The first kappa shape index (κ1) is 6.60. The molecule has 0 aromatic rings. The van der Waals surface area contributed by atoms with Crippen LogP contribution in [0.3, 0.4) is 0 Å². The Kier molecular flexibility index (Phi) is 1.75. The smallest absolute Gasteiger partial charge is 0.0165 e. The highest BCUT2D eigenvalue weighted by atomic mass is 14.1. The minimum absolute atomic E-state index is 0.492. The van der Waals surface area contributed by atoms with Crippen molar-refractivity contribution >= 4 is 0 Å². The monoisotopic (exact) mass is 119 g/mol. The lowest BCUT2D eigenvalue weighted by molar-refractivity contribution is 0.792. The van der Waals surface area contributed by atoms with Crippen LogP contribution in [0.15, 0.2) is 17.2 Å². The maximum absolute atomic E-state index is 3.17. The van der Waals surface area contributed by atoms with Gasteiger partial charge < -0.3 is 0 Å². The second-order valence-corrected chi connectivity index (χ2v) is 2.49. The predicted molar refractivity (Wildman–Crippen MR) is 38.6 cm³/mol. The molecule has 0 amide bonds. The van der Waals surface area contributed by atoms with Gasteiger partial charge in [0.25, 0.3) is 0 Å². The molecular formula is C9H11. The Morgan fingerprint density at radius 1 is 1.44 bits per heavy atom. The molecule has 0 aromatic heterocycles. The summed E-state index contributed by atoms with van der Waals surface area (Å²) in [6.45, 7) is 6.37. The van der Waals surface area contributed by atoms with Crippen molar-refractivity contribution in [2.75, 3.05) is 0 Å². The molecule has 0 heterocycles. The van der Waals surface area contributed by atoms with Gasteiger partial charge >= 0.3 is 0 Å². The van der Waals surface area contributed by atoms with E-state index in [4.69, 9.17) is 0 Å². The third-order valence-corrected chi connectivity index (χ3v) is 1.86. The fourth-order valence-corrected chi connectivity index (χ4v) is 0.839. The van der Waals surface area contributed by atoms with Crippen molar-refractivity contribution in [2.24, 2.45) is 5.92 Å². The van der Waals surface area contributed by atoms with Crippen molar-refractivity contribution in [3.63, 3.8) is 0 Å². The fourth-order valence-electron chi connectivity index (χ4n) is 0.839. The SMILES string of the molecule is CC1=C(C)C(C)[C]C=[C]1. The first-order valence-corrected chi connectivity index (χ1v) is 3.23. The maximum atomic E-state index is 3.17. The molecule has 0 saturated carbocycles. The lowest BCUT2D eigenvalue weighted by Crippen LogP contribution is -2.01. The van der Waals surface area contributed by atoms with Gasteiger partial charge in [-0.05, 0) is 31.4 Å². The van der Waals surface area contributed by atoms with Crippen LogP contribution in [-0.4, -0.2) is 0 Å². The Bertz CT molecular complexity index is 161. The summed E-state index contributed by atoms with van der Waals surface area (Å²) in [6, 6.07) is 0. The fraction of sp³-hybridized carbons (Fsp3) is 0.444. The average Bonchev–Trinajstić information content (AvgIpc) is 1.83. The van der Waals surface area contributed by atoms with Gasteiger partial charge in [0.2, 0.25) is 0 Å². The molecule has 0 N–H and O–H groups in total. The average molecular weight is 119 g/mol. The number of hydrogen-bond donors (Lipinski definition) is 0. The molecule has 0 aromatic carbocycles. The molecule has 1 atom stereocenters. The quantitative estimate of drug-likeness (QED) is 0.459. The molecule has 0 spiro atoms. The van der Waals surface area contributed by atoms with Gasteiger partial charge in [-0.25, -0.2) is 0 Å². The number of allylic oxidation sites excluding steroid dienone is 4. The molecule has 0 heteroatoms. The van der Waals surface area contributed by atoms with E-state index in [0.29, 0.717) is 5.92 Å². The van der Waals surface area contributed by atoms with Gasteiger partial charge in [0, 0.05) is 6.42 Å². The zero-order valence-corrected chi connectivity index (χ0v) is 6.15. The molecule has 3 radical (unpaired) electrons. The summed E-state index contributed by atoms with van der Waals surface area (Å²) < 4.78 is 0. The lowest BCUT2D eigenvalue weighted by Gasteiger charge is -2.14. The van der Waals surface area contributed by atoms with Gasteiger partial charge in [0.05, 0.1) is 0 Å². The van der Waals surface area contributed by atoms with E-state index in [1.807, 2.05) is 6.08 Å². The van der Waals surface area contributed by atoms with Crippen molar-refractivity contribution in [1.29, 1.82) is 0 Å². The van der Waals surface area contributed by atoms with Gasteiger partial charge in [-0.3, -0.25) is 0 Å². The van der Waals surface area contributed by atoms with Crippen LogP contribution < -0.4 is 0 Å². The number of rotatable bonds is 0. The normalized spacial score (nSPS) is 27.2. The van der Waals surface area contributed by atoms with Crippen LogP contribution in [0.1, 0.15) is 20.8 Å². The molecule has 47 valence electrons. The van der Waals surface area contributed by atoms with Crippen molar-refractivity contribution in [2.45, 2.75) is 20.8 Å². The van der Waals surface area contributed by atoms with Gasteiger partial charge in [0.1, 0.15) is 0 Å². The first-order valence-electron chi connectivity index (χ1n) is 3.23. The van der Waals surface area contributed by atoms with Gasteiger partial charge in [-0.2, -0.15) is 0 Å². The van der Waals surface area contributed by atoms with Crippen LogP contribution in [0.5, 0.6) is 0 Å². The van der Waals surface area contributed by atoms with Crippen molar-refractivity contribution in [1.82, 2.24) is 0 Å². The van der Waals surface area contributed by atoms with Crippen LogP contribution in [0.4, 0.5) is 0 Å². The molecular weight excluding hydrogens is 108 g/mol.